The van der Waals surface area contributed by atoms with Crippen molar-refractivity contribution < 1.29 is 13.9 Å². The van der Waals surface area contributed by atoms with Crippen LogP contribution in [0.1, 0.15) is 67.5 Å². The van der Waals surface area contributed by atoms with E-state index in [2.05, 4.69) is 63.0 Å². The van der Waals surface area contributed by atoms with Crippen molar-refractivity contribution >= 4 is 0 Å². The molecule has 3 aromatic rings. The molecule has 1 heterocycles. The van der Waals surface area contributed by atoms with Crippen molar-refractivity contribution in [2.45, 2.75) is 73.1 Å². The quantitative estimate of drug-likeness (QED) is 0.278. The molecule has 0 saturated heterocycles. The number of benzene rings is 2. The minimum atomic E-state index is 0.582. The molecular formula is C28H37NO3. The minimum Gasteiger partial charge on any atom is -0.493 e. The summed E-state index contributed by atoms with van der Waals surface area (Å²) in [6.45, 7) is 11.7. The van der Waals surface area contributed by atoms with Gasteiger partial charge >= 0.3 is 0 Å². The van der Waals surface area contributed by atoms with Crippen LogP contribution in [0.25, 0.3) is 11.5 Å². The Labute approximate surface area is 193 Å². The second-order valence-electron chi connectivity index (χ2n) is 8.54. The summed E-state index contributed by atoms with van der Waals surface area (Å²) in [4.78, 5) is 4.69. The third-order valence-corrected chi connectivity index (χ3v) is 5.68. The fourth-order valence-electron chi connectivity index (χ4n) is 4.05. The lowest BCUT2D eigenvalue weighted by atomic mass is 10.0. The van der Waals surface area contributed by atoms with Gasteiger partial charge in [-0.15, -0.1) is 0 Å². The Morgan fingerprint density at radius 1 is 0.875 bits per heavy atom. The molecule has 0 aliphatic heterocycles. The van der Waals surface area contributed by atoms with Crippen molar-refractivity contribution in [2.24, 2.45) is 0 Å². The molecule has 0 radical (unpaired) electrons. The molecule has 0 unspecified atom stereocenters. The Hall–Kier alpha value is -2.75. The van der Waals surface area contributed by atoms with Gasteiger partial charge in [0.05, 0.1) is 18.9 Å². The van der Waals surface area contributed by atoms with E-state index in [4.69, 9.17) is 13.9 Å². The summed E-state index contributed by atoms with van der Waals surface area (Å²) < 4.78 is 17.7. The van der Waals surface area contributed by atoms with Crippen molar-refractivity contribution in [3.8, 4) is 23.0 Å². The maximum atomic E-state index is 6.15. The number of aryl methyl sites for hydroxylation is 4. The van der Waals surface area contributed by atoms with Gasteiger partial charge in [0.25, 0.3) is 0 Å². The number of aromatic nitrogens is 1. The Morgan fingerprint density at radius 3 is 2.38 bits per heavy atom. The van der Waals surface area contributed by atoms with Crippen LogP contribution in [0, 0.1) is 20.8 Å². The summed E-state index contributed by atoms with van der Waals surface area (Å²) >= 11 is 0. The van der Waals surface area contributed by atoms with Gasteiger partial charge in [0.2, 0.25) is 5.89 Å². The summed E-state index contributed by atoms with van der Waals surface area (Å²) in [6.07, 6.45) is 8.55. The van der Waals surface area contributed by atoms with Crippen LogP contribution in [0.15, 0.2) is 41.0 Å². The molecule has 0 aliphatic rings. The Bertz CT molecular complexity index is 983. The van der Waals surface area contributed by atoms with Gasteiger partial charge in [-0.3, -0.25) is 0 Å². The van der Waals surface area contributed by atoms with Gasteiger partial charge in [0.15, 0.2) is 0 Å². The zero-order chi connectivity index (χ0) is 22.9. The van der Waals surface area contributed by atoms with E-state index in [-0.39, 0.29) is 0 Å². The van der Waals surface area contributed by atoms with Gasteiger partial charge in [0.1, 0.15) is 17.8 Å². The van der Waals surface area contributed by atoms with E-state index >= 15 is 0 Å². The van der Waals surface area contributed by atoms with E-state index in [1.54, 1.807) is 6.26 Å². The summed E-state index contributed by atoms with van der Waals surface area (Å²) in [5.74, 6) is 2.58. The average Bonchev–Trinajstić information content (AvgIpc) is 3.24. The molecule has 0 fully saturated rings. The van der Waals surface area contributed by atoms with E-state index in [9.17, 15) is 0 Å². The highest BCUT2D eigenvalue weighted by atomic mass is 16.5. The van der Waals surface area contributed by atoms with Crippen LogP contribution in [0.3, 0.4) is 0 Å². The molecule has 0 N–H and O–H groups in total. The fourth-order valence-corrected chi connectivity index (χ4v) is 4.05. The van der Waals surface area contributed by atoms with Crippen LogP contribution in [-0.4, -0.2) is 18.2 Å². The number of ether oxygens (including phenoxy) is 2. The van der Waals surface area contributed by atoms with Gasteiger partial charge in [0, 0.05) is 12.0 Å². The van der Waals surface area contributed by atoms with Crippen molar-refractivity contribution in [1.29, 1.82) is 0 Å². The average molecular weight is 436 g/mol. The van der Waals surface area contributed by atoms with E-state index in [1.807, 2.05) is 6.92 Å². The zero-order valence-corrected chi connectivity index (χ0v) is 20.3. The molecule has 2 aromatic carbocycles. The molecule has 32 heavy (non-hydrogen) atoms. The highest BCUT2D eigenvalue weighted by molar-refractivity contribution is 5.60. The predicted molar refractivity (Wildman–Crippen MR) is 131 cm³/mol. The molecule has 0 bridgehead atoms. The molecule has 4 heteroatoms. The Morgan fingerprint density at radius 2 is 1.66 bits per heavy atom. The van der Waals surface area contributed by atoms with E-state index in [1.165, 1.54) is 36.8 Å². The first kappa shape index (κ1) is 23.9. The SMILES string of the molecule is CCCCCCc1cc(C)ccc1OCCc1coc(-c2cc(C)c(OCC)c(C)c2)n1. The van der Waals surface area contributed by atoms with Gasteiger partial charge < -0.3 is 13.9 Å². The molecule has 4 nitrogen and oxygen atoms in total. The molecule has 3 rings (SSSR count). The van der Waals surface area contributed by atoms with Crippen molar-refractivity contribution in [3.63, 3.8) is 0 Å². The third-order valence-electron chi connectivity index (χ3n) is 5.68. The van der Waals surface area contributed by atoms with Crippen LogP contribution < -0.4 is 9.47 Å². The van der Waals surface area contributed by atoms with Crippen molar-refractivity contribution in [1.82, 2.24) is 4.98 Å². The topological polar surface area (TPSA) is 44.5 Å². The summed E-state index contributed by atoms with van der Waals surface area (Å²) in [6, 6.07) is 10.6. The van der Waals surface area contributed by atoms with Crippen LogP contribution in [0.2, 0.25) is 0 Å². The highest BCUT2D eigenvalue weighted by Crippen LogP contribution is 2.30. The lowest BCUT2D eigenvalue weighted by molar-refractivity contribution is 0.316. The largest absolute Gasteiger partial charge is 0.493 e. The molecule has 172 valence electrons. The maximum absolute atomic E-state index is 6.15. The zero-order valence-electron chi connectivity index (χ0n) is 20.3. The lowest BCUT2D eigenvalue weighted by Gasteiger charge is -2.12. The normalized spacial score (nSPS) is 11.0. The van der Waals surface area contributed by atoms with Crippen LogP contribution in [0.5, 0.6) is 11.5 Å². The van der Waals surface area contributed by atoms with Gasteiger partial charge in [-0.05, 0) is 75.4 Å². The first-order valence-corrected chi connectivity index (χ1v) is 11.9. The van der Waals surface area contributed by atoms with E-state index in [0.717, 1.165) is 40.3 Å². The fraction of sp³-hybridized carbons (Fsp3) is 0.464. The van der Waals surface area contributed by atoms with Crippen molar-refractivity contribution in [2.75, 3.05) is 13.2 Å². The number of oxazole rings is 1. The number of hydrogen-bond donors (Lipinski definition) is 0. The lowest BCUT2D eigenvalue weighted by Crippen LogP contribution is -2.04. The monoisotopic (exact) mass is 435 g/mol. The molecule has 0 atom stereocenters. The van der Waals surface area contributed by atoms with Crippen LogP contribution >= 0.6 is 0 Å². The molecule has 0 spiro atoms. The van der Waals surface area contributed by atoms with Crippen LogP contribution in [0.4, 0.5) is 0 Å². The summed E-state index contributed by atoms with van der Waals surface area (Å²) in [5, 5.41) is 0. The second kappa shape index (κ2) is 11.8. The Balaban J connectivity index is 1.61. The molecule has 0 aliphatic carbocycles. The minimum absolute atomic E-state index is 0.582. The molecule has 0 saturated carbocycles. The number of hydrogen-bond acceptors (Lipinski definition) is 4. The molecule has 0 amide bonds. The van der Waals surface area contributed by atoms with Crippen LogP contribution in [-0.2, 0) is 12.8 Å². The summed E-state index contributed by atoms with van der Waals surface area (Å²) in [5.41, 5.74) is 6.66. The molecular weight excluding hydrogens is 398 g/mol. The predicted octanol–water partition coefficient (Wildman–Crippen LogP) is 7.41. The van der Waals surface area contributed by atoms with E-state index in [0.29, 0.717) is 25.5 Å². The summed E-state index contributed by atoms with van der Waals surface area (Å²) in [7, 11) is 0. The third kappa shape index (κ3) is 6.38. The van der Waals surface area contributed by atoms with Gasteiger partial charge in [-0.1, -0.05) is 43.9 Å². The van der Waals surface area contributed by atoms with Gasteiger partial charge in [-0.2, -0.15) is 0 Å². The number of unbranched alkanes of at least 4 members (excludes halogenated alkanes) is 3. The maximum Gasteiger partial charge on any atom is 0.226 e. The smallest absolute Gasteiger partial charge is 0.226 e. The van der Waals surface area contributed by atoms with E-state index < -0.39 is 0 Å². The first-order valence-electron chi connectivity index (χ1n) is 11.9. The first-order chi connectivity index (χ1) is 15.5. The highest BCUT2D eigenvalue weighted by Gasteiger charge is 2.12. The number of nitrogens with zero attached hydrogens (tertiary/aromatic N) is 1. The number of rotatable bonds is 12. The molecule has 1 aromatic heterocycles. The standard InChI is InChI=1S/C28H37NO3/c1-6-8-9-10-11-23-16-20(3)12-13-26(23)31-15-14-25-19-32-28(29-25)24-17-21(4)27(30-7-2)22(5)18-24/h12-13,16-19H,6-11,14-15H2,1-5H3. The second-order valence-corrected chi connectivity index (χ2v) is 8.54. The van der Waals surface area contributed by atoms with Crippen molar-refractivity contribution in [3.05, 3.63) is 64.5 Å². The van der Waals surface area contributed by atoms with Gasteiger partial charge in [-0.25, -0.2) is 4.98 Å². The Kier molecular flexibility index (Phi) is 8.78.